The molecule has 7 nitrogen and oxygen atoms in total. The molecule has 1 aliphatic carbocycles. The first kappa shape index (κ1) is 27.8. The van der Waals surface area contributed by atoms with Gasteiger partial charge in [0, 0.05) is 29.4 Å². The van der Waals surface area contributed by atoms with Crippen molar-refractivity contribution in [2.75, 3.05) is 5.32 Å². The van der Waals surface area contributed by atoms with Gasteiger partial charge >= 0.3 is 63.5 Å². The molecule has 2 aromatic heterocycles. The van der Waals surface area contributed by atoms with Crippen molar-refractivity contribution in [1.29, 1.82) is 0 Å². The standard InChI is InChI=1S/C22H21F5N4O3S.K.H/c23-18(24)12-7-14(29-17(9-1-2-9)22(25,26)27)28-8-13(12)16-15(30-19(35-16)21(33)34)20(32)31-10-3-4-11(31)6-5-10;;/h7-11,17-18H,1-6H2,(H,28,29)(H,33,34);;/t10?,11?,17-;;/m0../s1. The van der Waals surface area contributed by atoms with Gasteiger partial charge in [0.2, 0.25) is 5.01 Å². The number of carbonyl (C=O) groups is 2. The summed E-state index contributed by atoms with van der Waals surface area (Å²) < 4.78 is 68.3. The van der Waals surface area contributed by atoms with E-state index in [-0.39, 0.29) is 85.4 Å². The Morgan fingerprint density at radius 1 is 1.11 bits per heavy atom. The summed E-state index contributed by atoms with van der Waals surface area (Å²) in [5, 5.41) is 11.2. The van der Waals surface area contributed by atoms with E-state index in [1.54, 1.807) is 4.90 Å². The molecule has 190 valence electrons. The van der Waals surface area contributed by atoms with Gasteiger partial charge < -0.3 is 15.3 Å². The summed E-state index contributed by atoms with van der Waals surface area (Å²) in [4.78, 5) is 34.4. The number of alkyl halides is 5. The first-order valence-electron chi connectivity index (χ1n) is 11.2. The van der Waals surface area contributed by atoms with Gasteiger partial charge in [-0.25, -0.2) is 23.5 Å². The summed E-state index contributed by atoms with van der Waals surface area (Å²) >= 11 is 0.569. The number of hydrogen-bond acceptors (Lipinski definition) is 6. The number of thiazole rings is 1. The Hall–Kier alpha value is -1.19. The van der Waals surface area contributed by atoms with Crippen molar-refractivity contribution < 1.29 is 36.6 Å². The van der Waals surface area contributed by atoms with Crippen molar-refractivity contribution in [3.63, 3.8) is 0 Å². The molecule has 3 fully saturated rings. The van der Waals surface area contributed by atoms with Crippen molar-refractivity contribution in [1.82, 2.24) is 14.9 Å². The number of carbonyl (C=O) groups excluding carboxylic acids is 1. The molecule has 2 N–H and O–H groups in total. The van der Waals surface area contributed by atoms with Gasteiger partial charge in [0.25, 0.3) is 12.3 Å². The zero-order chi connectivity index (χ0) is 25.1. The van der Waals surface area contributed by atoms with Crippen molar-refractivity contribution in [2.45, 2.75) is 69.3 Å². The summed E-state index contributed by atoms with van der Waals surface area (Å²) in [5.41, 5.74) is -1.12. The molecular weight excluding hydrogens is 534 g/mol. The second kappa shape index (κ2) is 10.5. The summed E-state index contributed by atoms with van der Waals surface area (Å²) in [6.45, 7) is 0. The molecule has 0 radical (unpaired) electrons. The number of fused-ring (bicyclic) bond motifs is 2. The number of pyridine rings is 1. The summed E-state index contributed by atoms with van der Waals surface area (Å²) in [6, 6.07) is -1.08. The molecular formula is C22H22F5KN4O3S. The van der Waals surface area contributed by atoms with Crippen LogP contribution in [0.25, 0.3) is 10.4 Å². The van der Waals surface area contributed by atoms with Crippen molar-refractivity contribution in [3.05, 3.63) is 28.5 Å². The first-order valence-corrected chi connectivity index (χ1v) is 12.0. The van der Waals surface area contributed by atoms with E-state index in [4.69, 9.17) is 0 Å². The fourth-order valence-corrected chi connectivity index (χ4v) is 6.01. The SMILES string of the molecule is O=C(O)c1nc(C(=O)N2C3CCC2CC3)c(-c2cnc(N[C@@H](C3CC3)C(F)(F)F)cc2C(F)F)s1.[KH]. The van der Waals surface area contributed by atoms with Crippen molar-refractivity contribution in [2.24, 2.45) is 5.92 Å². The van der Waals surface area contributed by atoms with Crippen LogP contribution in [0.3, 0.4) is 0 Å². The zero-order valence-electron chi connectivity index (χ0n) is 18.2. The average Bonchev–Trinajstić information content (AvgIpc) is 3.23. The zero-order valence-corrected chi connectivity index (χ0v) is 19.0. The van der Waals surface area contributed by atoms with Gasteiger partial charge in [-0.3, -0.25) is 4.79 Å². The van der Waals surface area contributed by atoms with Crippen LogP contribution in [0.2, 0.25) is 0 Å². The predicted molar refractivity (Wildman–Crippen MR) is 123 cm³/mol. The molecule has 1 saturated carbocycles. The number of nitrogens with one attached hydrogen (secondary N) is 1. The quantitative estimate of drug-likeness (QED) is 0.379. The maximum absolute atomic E-state index is 14.1. The van der Waals surface area contributed by atoms with Gasteiger partial charge in [-0.15, -0.1) is 11.3 Å². The number of rotatable bonds is 7. The van der Waals surface area contributed by atoms with Gasteiger partial charge in [0.05, 0.1) is 4.88 Å². The molecule has 3 aliphatic rings. The minimum atomic E-state index is -4.57. The maximum atomic E-state index is 14.1. The number of hydrogen-bond donors (Lipinski definition) is 2. The van der Waals surface area contributed by atoms with Crippen LogP contribution in [0.1, 0.15) is 70.8 Å². The van der Waals surface area contributed by atoms with E-state index in [1.165, 1.54) is 0 Å². The fourth-order valence-electron chi connectivity index (χ4n) is 5.08. The second-order valence-corrected chi connectivity index (χ2v) is 10.1. The Labute approximate surface area is 249 Å². The topological polar surface area (TPSA) is 95.4 Å². The molecule has 2 aromatic rings. The van der Waals surface area contributed by atoms with E-state index >= 15 is 0 Å². The number of amides is 1. The molecule has 0 spiro atoms. The molecule has 0 aromatic carbocycles. The van der Waals surface area contributed by atoms with Gasteiger partial charge in [0.1, 0.15) is 17.6 Å². The number of aromatic carboxylic acids is 1. The Morgan fingerprint density at radius 2 is 1.72 bits per heavy atom. The molecule has 2 bridgehead atoms. The third-order valence-corrected chi connectivity index (χ3v) is 7.94. The van der Waals surface area contributed by atoms with Crippen LogP contribution in [0.5, 0.6) is 0 Å². The summed E-state index contributed by atoms with van der Waals surface area (Å²) in [7, 11) is 0. The van der Waals surface area contributed by atoms with E-state index in [9.17, 15) is 36.6 Å². The number of anilines is 1. The first-order chi connectivity index (χ1) is 16.5. The van der Waals surface area contributed by atoms with Crippen LogP contribution < -0.4 is 5.32 Å². The van der Waals surface area contributed by atoms with Gasteiger partial charge in [0.15, 0.2) is 0 Å². The molecule has 36 heavy (non-hydrogen) atoms. The van der Waals surface area contributed by atoms with E-state index in [0.717, 1.165) is 37.9 Å². The molecule has 14 heteroatoms. The minimum absolute atomic E-state index is 0. The number of nitrogens with zero attached hydrogens (tertiary/aromatic N) is 3. The summed E-state index contributed by atoms with van der Waals surface area (Å²) in [5.74, 6) is -2.96. The summed E-state index contributed by atoms with van der Waals surface area (Å²) in [6.07, 6.45) is -2.73. The third-order valence-electron chi connectivity index (χ3n) is 6.87. The normalized spacial score (nSPS) is 22.0. The third kappa shape index (κ3) is 5.34. The molecule has 0 unspecified atom stereocenters. The molecule has 2 saturated heterocycles. The van der Waals surface area contributed by atoms with E-state index in [1.807, 2.05) is 0 Å². The monoisotopic (exact) mass is 556 g/mol. The molecule has 2 aliphatic heterocycles. The number of aromatic nitrogens is 2. The van der Waals surface area contributed by atoms with Crippen LogP contribution in [-0.4, -0.2) is 108 Å². The van der Waals surface area contributed by atoms with Gasteiger partial charge in [-0.1, -0.05) is 0 Å². The van der Waals surface area contributed by atoms with E-state index in [2.05, 4.69) is 15.3 Å². The predicted octanol–water partition coefficient (Wildman–Crippen LogP) is 4.71. The Kier molecular flexibility index (Phi) is 8.13. The van der Waals surface area contributed by atoms with Crippen LogP contribution in [-0.2, 0) is 0 Å². The second-order valence-electron chi connectivity index (χ2n) is 9.14. The molecule has 1 atom stereocenters. The Bertz CT molecular complexity index is 1150. The molecule has 5 rings (SSSR count). The van der Waals surface area contributed by atoms with Gasteiger partial charge in [-0.2, -0.15) is 13.2 Å². The van der Waals surface area contributed by atoms with Crippen LogP contribution in [0.15, 0.2) is 12.3 Å². The number of carboxylic acid groups (broad SMARTS) is 1. The number of carboxylic acids is 1. The fraction of sp³-hybridized carbons (Fsp3) is 0.545. The van der Waals surface area contributed by atoms with Gasteiger partial charge in [-0.05, 0) is 50.5 Å². The van der Waals surface area contributed by atoms with Crippen LogP contribution in [0.4, 0.5) is 27.8 Å². The van der Waals surface area contributed by atoms with Crippen molar-refractivity contribution in [3.8, 4) is 10.4 Å². The molecule has 1 amide bonds. The van der Waals surface area contributed by atoms with Crippen LogP contribution >= 0.6 is 11.3 Å². The van der Waals surface area contributed by atoms with Crippen LogP contribution in [0, 0.1) is 5.92 Å². The average molecular weight is 557 g/mol. The molecule has 4 heterocycles. The Balaban J connectivity index is 0.00000304. The van der Waals surface area contributed by atoms with E-state index in [0.29, 0.717) is 24.2 Å². The number of halogens is 5. The Morgan fingerprint density at radius 3 is 2.22 bits per heavy atom. The van der Waals surface area contributed by atoms with E-state index < -0.39 is 47.0 Å². The van der Waals surface area contributed by atoms with Crippen molar-refractivity contribution >= 4 is 80.4 Å².